The second kappa shape index (κ2) is 8.54. The maximum absolute atomic E-state index is 12.8. The Bertz CT molecular complexity index is 886. The Morgan fingerprint density at radius 3 is 2.62 bits per heavy atom. The molecule has 0 saturated carbocycles. The monoisotopic (exact) mass is 364 g/mol. The summed E-state index contributed by atoms with van der Waals surface area (Å²) in [6.45, 7) is 5.52. The minimum absolute atomic E-state index is 0.000931. The number of aromatic nitrogens is 1. The maximum atomic E-state index is 12.8. The van der Waals surface area contributed by atoms with Crippen LogP contribution < -0.4 is 0 Å². The zero-order valence-electron chi connectivity index (χ0n) is 14.5. The SMILES string of the molecule is C=CCN(Cc1cccn1Cc1cccc(Cl)c1)C(=O)c1ccccc1. The molecule has 0 radical (unpaired) electrons. The molecule has 0 atom stereocenters. The van der Waals surface area contributed by atoms with Crippen LogP contribution in [0.15, 0.2) is 85.6 Å². The molecule has 4 heteroatoms. The lowest BCUT2D eigenvalue weighted by Crippen LogP contribution is -2.31. The van der Waals surface area contributed by atoms with Crippen molar-refractivity contribution in [3.05, 3.63) is 107 Å². The summed E-state index contributed by atoms with van der Waals surface area (Å²) in [5, 5.41) is 0.726. The molecule has 132 valence electrons. The molecule has 0 aliphatic carbocycles. The molecule has 1 amide bonds. The molecule has 3 nitrogen and oxygen atoms in total. The van der Waals surface area contributed by atoms with Gasteiger partial charge in [0, 0.05) is 35.6 Å². The molecule has 3 rings (SSSR count). The van der Waals surface area contributed by atoms with Crippen molar-refractivity contribution in [2.45, 2.75) is 13.1 Å². The predicted octanol–water partition coefficient (Wildman–Crippen LogP) is 5.02. The van der Waals surface area contributed by atoms with E-state index in [1.165, 1.54) is 0 Å². The summed E-state index contributed by atoms with van der Waals surface area (Å²) in [6, 6.07) is 21.2. The average Bonchev–Trinajstić information content (AvgIpc) is 3.08. The third kappa shape index (κ3) is 4.44. The van der Waals surface area contributed by atoms with E-state index in [9.17, 15) is 4.79 Å². The first-order valence-corrected chi connectivity index (χ1v) is 8.89. The van der Waals surface area contributed by atoms with Gasteiger partial charge in [-0.05, 0) is 42.0 Å². The normalized spacial score (nSPS) is 10.5. The van der Waals surface area contributed by atoms with Crippen LogP contribution in [0.3, 0.4) is 0 Å². The van der Waals surface area contributed by atoms with Crippen molar-refractivity contribution >= 4 is 17.5 Å². The van der Waals surface area contributed by atoms with Crippen molar-refractivity contribution in [1.29, 1.82) is 0 Å². The Morgan fingerprint density at radius 1 is 1.08 bits per heavy atom. The van der Waals surface area contributed by atoms with E-state index in [0.717, 1.165) is 16.3 Å². The molecule has 1 heterocycles. The molecule has 0 aliphatic rings. The zero-order valence-corrected chi connectivity index (χ0v) is 15.3. The Balaban J connectivity index is 1.79. The lowest BCUT2D eigenvalue weighted by molar-refractivity contribution is 0.0759. The van der Waals surface area contributed by atoms with Crippen LogP contribution in [0.5, 0.6) is 0 Å². The fourth-order valence-electron chi connectivity index (χ4n) is 2.91. The number of nitrogens with zero attached hydrogens (tertiary/aromatic N) is 2. The summed E-state index contributed by atoms with van der Waals surface area (Å²) >= 11 is 6.09. The third-order valence-electron chi connectivity index (χ3n) is 4.18. The number of hydrogen-bond donors (Lipinski definition) is 0. The minimum Gasteiger partial charge on any atom is -0.345 e. The molecule has 3 aromatic rings. The lowest BCUT2D eigenvalue weighted by atomic mass is 10.2. The fraction of sp³-hybridized carbons (Fsp3) is 0.136. The number of amides is 1. The summed E-state index contributed by atoms with van der Waals surface area (Å²) in [5.74, 6) is 0.000931. The third-order valence-corrected chi connectivity index (χ3v) is 4.41. The number of rotatable bonds is 7. The molecule has 0 unspecified atom stereocenters. The molecule has 2 aromatic carbocycles. The number of benzene rings is 2. The van der Waals surface area contributed by atoms with Crippen LogP contribution in [0.25, 0.3) is 0 Å². The number of carbonyl (C=O) groups is 1. The van der Waals surface area contributed by atoms with Gasteiger partial charge in [0.15, 0.2) is 0 Å². The maximum Gasteiger partial charge on any atom is 0.254 e. The Hall–Kier alpha value is -2.78. The van der Waals surface area contributed by atoms with E-state index in [2.05, 4.69) is 11.1 Å². The van der Waals surface area contributed by atoms with Crippen LogP contribution in [-0.4, -0.2) is 21.9 Å². The van der Waals surface area contributed by atoms with E-state index in [1.807, 2.05) is 72.9 Å². The number of carbonyl (C=O) groups excluding carboxylic acids is 1. The van der Waals surface area contributed by atoms with E-state index >= 15 is 0 Å². The van der Waals surface area contributed by atoms with Crippen molar-refractivity contribution in [3.63, 3.8) is 0 Å². The largest absolute Gasteiger partial charge is 0.345 e. The van der Waals surface area contributed by atoms with Gasteiger partial charge in [0.25, 0.3) is 5.91 Å². The molecule has 0 fully saturated rings. The molecule has 0 N–H and O–H groups in total. The van der Waals surface area contributed by atoms with E-state index in [1.54, 1.807) is 11.0 Å². The molecule has 0 spiro atoms. The first kappa shape index (κ1) is 18.0. The van der Waals surface area contributed by atoms with Gasteiger partial charge in [0.05, 0.1) is 6.54 Å². The number of halogens is 1. The van der Waals surface area contributed by atoms with E-state index in [4.69, 9.17) is 11.6 Å². The van der Waals surface area contributed by atoms with Gasteiger partial charge in [-0.1, -0.05) is 48.0 Å². The van der Waals surface area contributed by atoms with Gasteiger partial charge in [-0.3, -0.25) is 4.79 Å². The Kier molecular flexibility index (Phi) is 5.92. The van der Waals surface area contributed by atoms with Gasteiger partial charge in [0.1, 0.15) is 0 Å². The van der Waals surface area contributed by atoms with Gasteiger partial charge in [-0.25, -0.2) is 0 Å². The van der Waals surface area contributed by atoms with Gasteiger partial charge >= 0.3 is 0 Å². The standard InChI is InChI=1S/C22H21ClN2O/c1-2-13-25(22(26)19-9-4-3-5-10-19)17-21-12-7-14-24(21)16-18-8-6-11-20(23)15-18/h2-12,14-15H,1,13,16-17H2. The van der Waals surface area contributed by atoms with Crippen LogP contribution in [0.2, 0.25) is 5.02 Å². The van der Waals surface area contributed by atoms with Crippen LogP contribution in [0.1, 0.15) is 21.6 Å². The van der Waals surface area contributed by atoms with Gasteiger partial charge in [-0.15, -0.1) is 6.58 Å². The Labute approximate surface area is 159 Å². The highest BCUT2D eigenvalue weighted by molar-refractivity contribution is 6.30. The van der Waals surface area contributed by atoms with E-state index < -0.39 is 0 Å². The summed E-state index contributed by atoms with van der Waals surface area (Å²) in [5.41, 5.74) is 2.87. The van der Waals surface area contributed by atoms with Crippen molar-refractivity contribution in [1.82, 2.24) is 9.47 Å². The summed E-state index contributed by atoms with van der Waals surface area (Å²) in [4.78, 5) is 14.6. The molecule has 0 aliphatic heterocycles. The van der Waals surface area contributed by atoms with Crippen molar-refractivity contribution in [2.75, 3.05) is 6.54 Å². The van der Waals surface area contributed by atoms with Crippen LogP contribution in [0, 0.1) is 0 Å². The topological polar surface area (TPSA) is 25.2 Å². The van der Waals surface area contributed by atoms with Gasteiger partial charge in [-0.2, -0.15) is 0 Å². The summed E-state index contributed by atoms with van der Waals surface area (Å²) in [6.07, 6.45) is 3.78. The molecule has 0 bridgehead atoms. The molecule has 0 saturated heterocycles. The van der Waals surface area contributed by atoms with Crippen LogP contribution >= 0.6 is 11.6 Å². The smallest absolute Gasteiger partial charge is 0.254 e. The molecular formula is C22H21ClN2O. The first-order valence-electron chi connectivity index (χ1n) is 8.51. The molecule has 1 aromatic heterocycles. The first-order chi connectivity index (χ1) is 12.7. The summed E-state index contributed by atoms with van der Waals surface area (Å²) in [7, 11) is 0. The van der Waals surface area contributed by atoms with E-state index in [-0.39, 0.29) is 5.91 Å². The van der Waals surface area contributed by atoms with Crippen molar-refractivity contribution in [2.24, 2.45) is 0 Å². The molecule has 26 heavy (non-hydrogen) atoms. The predicted molar refractivity (Wildman–Crippen MR) is 106 cm³/mol. The average molecular weight is 365 g/mol. The van der Waals surface area contributed by atoms with E-state index in [0.29, 0.717) is 25.2 Å². The van der Waals surface area contributed by atoms with Crippen molar-refractivity contribution < 1.29 is 4.79 Å². The lowest BCUT2D eigenvalue weighted by Gasteiger charge is -2.22. The van der Waals surface area contributed by atoms with Gasteiger partial charge < -0.3 is 9.47 Å². The highest BCUT2D eigenvalue weighted by Crippen LogP contribution is 2.16. The second-order valence-electron chi connectivity index (χ2n) is 6.10. The number of hydrogen-bond acceptors (Lipinski definition) is 1. The highest BCUT2D eigenvalue weighted by atomic mass is 35.5. The molecular weight excluding hydrogens is 344 g/mol. The van der Waals surface area contributed by atoms with Crippen LogP contribution in [-0.2, 0) is 13.1 Å². The summed E-state index contributed by atoms with van der Waals surface area (Å²) < 4.78 is 2.14. The van der Waals surface area contributed by atoms with Crippen LogP contribution in [0.4, 0.5) is 0 Å². The minimum atomic E-state index is 0.000931. The zero-order chi connectivity index (χ0) is 18.4. The Morgan fingerprint density at radius 2 is 1.88 bits per heavy atom. The second-order valence-corrected chi connectivity index (χ2v) is 6.53. The van der Waals surface area contributed by atoms with Crippen molar-refractivity contribution in [3.8, 4) is 0 Å². The highest BCUT2D eigenvalue weighted by Gasteiger charge is 2.16. The quantitative estimate of drug-likeness (QED) is 0.540. The van der Waals surface area contributed by atoms with Gasteiger partial charge in [0.2, 0.25) is 0 Å². The fourth-order valence-corrected chi connectivity index (χ4v) is 3.13.